The molecule has 3 rings (SSSR count). The second-order valence-electron chi connectivity index (χ2n) is 6.16. The first-order valence-corrected chi connectivity index (χ1v) is 14.0. The SMILES string of the molecule is O=S(=O)(O)c1ccccc1P(c1ccccc1S(=O)(=O)O)c1ccccc1S(=O)(=O)O.[NaH]. The van der Waals surface area contributed by atoms with Crippen LogP contribution in [0.3, 0.4) is 0 Å². The summed E-state index contributed by atoms with van der Waals surface area (Å²) in [6.07, 6.45) is 0. The van der Waals surface area contributed by atoms with Crippen molar-refractivity contribution in [3.63, 3.8) is 0 Å². The number of hydrogen-bond donors (Lipinski definition) is 3. The summed E-state index contributed by atoms with van der Waals surface area (Å²) in [5, 5.41) is -0.313. The van der Waals surface area contributed by atoms with Crippen LogP contribution < -0.4 is 15.9 Å². The van der Waals surface area contributed by atoms with E-state index in [-0.39, 0.29) is 45.5 Å². The van der Waals surface area contributed by atoms with Crippen LogP contribution in [0.15, 0.2) is 87.5 Å². The van der Waals surface area contributed by atoms with Crippen LogP contribution in [-0.4, -0.2) is 68.5 Å². The van der Waals surface area contributed by atoms with Crippen LogP contribution in [0.4, 0.5) is 0 Å². The molecule has 3 aromatic rings. The van der Waals surface area contributed by atoms with Crippen molar-refractivity contribution in [2.45, 2.75) is 14.7 Å². The van der Waals surface area contributed by atoms with Gasteiger partial charge >= 0.3 is 29.6 Å². The molecule has 0 bridgehead atoms. The molecule has 32 heavy (non-hydrogen) atoms. The number of rotatable bonds is 6. The summed E-state index contributed by atoms with van der Waals surface area (Å²) in [6, 6.07) is 15.3. The van der Waals surface area contributed by atoms with Crippen molar-refractivity contribution >= 4 is 83.7 Å². The van der Waals surface area contributed by atoms with Gasteiger partial charge in [-0.15, -0.1) is 0 Å². The van der Waals surface area contributed by atoms with E-state index in [1.54, 1.807) is 0 Å². The van der Waals surface area contributed by atoms with Crippen molar-refractivity contribution in [3.05, 3.63) is 72.8 Å². The zero-order valence-corrected chi connectivity index (χ0v) is 18.7. The van der Waals surface area contributed by atoms with Gasteiger partial charge in [-0.3, -0.25) is 13.7 Å². The molecule has 0 atom stereocenters. The molecule has 0 heterocycles. The molecule has 0 fully saturated rings. The molecular formula is C18H16NaO9PS3. The zero-order valence-electron chi connectivity index (χ0n) is 15.4. The molecular weight excluding hydrogens is 510 g/mol. The summed E-state index contributed by atoms with van der Waals surface area (Å²) in [7, 11) is -16.7. The van der Waals surface area contributed by atoms with Gasteiger partial charge in [0.1, 0.15) is 14.7 Å². The average Bonchev–Trinajstić information content (AvgIpc) is 2.67. The van der Waals surface area contributed by atoms with Crippen molar-refractivity contribution in [1.82, 2.24) is 0 Å². The molecule has 166 valence electrons. The fourth-order valence-corrected chi connectivity index (χ4v) is 8.95. The first-order chi connectivity index (χ1) is 14.3. The standard InChI is InChI=1S/C18H15O9PS3.Na.H/c19-29(20,21)16-10-4-1-7-13(16)28(14-8-2-5-11-17(14)30(22,23)24)15-9-3-6-12-18(15)31(25,26)27;;/h1-12H,(H,19,20,21)(H,22,23,24)(H,25,26,27);;. The maximum absolute atomic E-state index is 12.0. The van der Waals surface area contributed by atoms with Crippen molar-refractivity contribution in [3.8, 4) is 0 Å². The van der Waals surface area contributed by atoms with Gasteiger partial charge in [0.25, 0.3) is 30.4 Å². The Bertz CT molecular complexity index is 1290. The van der Waals surface area contributed by atoms with E-state index in [0.29, 0.717) is 0 Å². The van der Waals surface area contributed by atoms with E-state index >= 15 is 0 Å². The molecule has 0 saturated heterocycles. The van der Waals surface area contributed by atoms with E-state index in [1.165, 1.54) is 54.6 Å². The van der Waals surface area contributed by atoms with E-state index in [0.717, 1.165) is 18.2 Å². The Morgan fingerprint density at radius 2 is 0.688 bits per heavy atom. The van der Waals surface area contributed by atoms with E-state index in [1.807, 2.05) is 0 Å². The molecule has 3 N–H and O–H groups in total. The minimum atomic E-state index is -4.80. The Labute approximate surface area is 208 Å². The molecule has 0 aromatic heterocycles. The molecule has 0 saturated carbocycles. The summed E-state index contributed by atoms with van der Waals surface area (Å²) >= 11 is 0. The predicted molar refractivity (Wildman–Crippen MR) is 122 cm³/mol. The van der Waals surface area contributed by atoms with Gasteiger partial charge in [0.2, 0.25) is 0 Å². The molecule has 0 radical (unpaired) electrons. The predicted octanol–water partition coefficient (Wildman–Crippen LogP) is 0.536. The van der Waals surface area contributed by atoms with E-state index in [2.05, 4.69) is 0 Å². The Morgan fingerprint density at radius 1 is 0.469 bits per heavy atom. The molecule has 0 aliphatic heterocycles. The topological polar surface area (TPSA) is 163 Å². The van der Waals surface area contributed by atoms with Crippen LogP contribution >= 0.6 is 7.92 Å². The molecule has 0 amide bonds. The Hall–Kier alpha value is -1.18. The van der Waals surface area contributed by atoms with Crippen LogP contribution in [0.25, 0.3) is 0 Å². The van der Waals surface area contributed by atoms with E-state index in [4.69, 9.17) is 0 Å². The van der Waals surface area contributed by atoms with E-state index in [9.17, 15) is 38.9 Å². The second kappa shape index (κ2) is 9.98. The fraction of sp³-hybridized carbons (Fsp3) is 0. The molecule has 9 nitrogen and oxygen atoms in total. The summed E-state index contributed by atoms with van der Waals surface area (Å²) < 4.78 is 101. The van der Waals surface area contributed by atoms with Gasteiger partial charge in [-0.1, -0.05) is 54.6 Å². The van der Waals surface area contributed by atoms with Gasteiger partial charge in [-0.05, 0) is 26.1 Å². The van der Waals surface area contributed by atoms with Crippen LogP contribution in [0, 0.1) is 0 Å². The molecule has 0 aliphatic rings. The van der Waals surface area contributed by atoms with Gasteiger partial charge in [0, 0.05) is 15.9 Å². The van der Waals surface area contributed by atoms with Gasteiger partial charge < -0.3 is 0 Å². The maximum atomic E-state index is 12.0. The zero-order chi connectivity index (χ0) is 23.0. The van der Waals surface area contributed by atoms with Crippen LogP contribution in [-0.2, 0) is 30.4 Å². The first kappa shape index (κ1) is 27.1. The van der Waals surface area contributed by atoms with Gasteiger partial charge in [-0.25, -0.2) is 0 Å². The fourth-order valence-electron chi connectivity index (χ4n) is 2.97. The third-order valence-corrected chi connectivity index (χ3v) is 9.96. The van der Waals surface area contributed by atoms with Crippen molar-refractivity contribution in [1.29, 1.82) is 0 Å². The summed E-state index contributed by atoms with van der Waals surface area (Å²) in [5.41, 5.74) is 0. The second-order valence-corrected chi connectivity index (χ2v) is 12.4. The summed E-state index contributed by atoms with van der Waals surface area (Å²) in [4.78, 5) is -1.72. The molecule has 0 aliphatic carbocycles. The first-order valence-electron chi connectivity index (χ1n) is 8.31. The Morgan fingerprint density at radius 3 is 0.906 bits per heavy atom. The van der Waals surface area contributed by atoms with Gasteiger partial charge in [0.15, 0.2) is 0 Å². The third-order valence-electron chi connectivity index (χ3n) is 4.15. The van der Waals surface area contributed by atoms with Crippen molar-refractivity contribution in [2.24, 2.45) is 0 Å². The van der Waals surface area contributed by atoms with Crippen molar-refractivity contribution < 1.29 is 38.9 Å². The molecule has 14 heteroatoms. The Kier molecular flexibility index (Phi) is 8.44. The van der Waals surface area contributed by atoms with Crippen LogP contribution in [0.2, 0.25) is 0 Å². The van der Waals surface area contributed by atoms with Crippen LogP contribution in [0.1, 0.15) is 0 Å². The van der Waals surface area contributed by atoms with Gasteiger partial charge in [-0.2, -0.15) is 25.3 Å². The van der Waals surface area contributed by atoms with Gasteiger partial charge in [0.05, 0.1) is 0 Å². The summed E-state index contributed by atoms with van der Waals surface area (Å²) in [5.74, 6) is 0. The number of benzene rings is 3. The normalized spacial score (nSPS) is 12.4. The summed E-state index contributed by atoms with van der Waals surface area (Å²) in [6.45, 7) is 0. The molecule has 0 spiro atoms. The van der Waals surface area contributed by atoms with E-state index < -0.39 is 53.0 Å². The molecule has 0 unspecified atom stereocenters. The minimum absolute atomic E-state index is 0. The number of hydrogen-bond acceptors (Lipinski definition) is 6. The third kappa shape index (κ3) is 5.84. The molecule has 3 aromatic carbocycles. The van der Waals surface area contributed by atoms with Crippen LogP contribution in [0.5, 0.6) is 0 Å². The van der Waals surface area contributed by atoms with Crippen molar-refractivity contribution in [2.75, 3.05) is 0 Å². The quantitative estimate of drug-likeness (QED) is 0.236. The monoisotopic (exact) mass is 526 g/mol. The average molecular weight is 526 g/mol. The Balaban J connectivity index is 0.00000363.